The van der Waals surface area contributed by atoms with Crippen LogP contribution in [-0.2, 0) is 30.4 Å². The third kappa shape index (κ3) is 6.59. The molecule has 0 N–H and O–H groups in total. The summed E-state index contributed by atoms with van der Waals surface area (Å²) in [7, 11) is -4.32. The van der Waals surface area contributed by atoms with Crippen LogP contribution in [0.4, 0.5) is 10.5 Å². The van der Waals surface area contributed by atoms with E-state index < -0.39 is 38.9 Å². The number of benzene rings is 3. The quantitative estimate of drug-likeness (QED) is 0.169. The van der Waals surface area contributed by atoms with Crippen LogP contribution in [0.25, 0.3) is 0 Å². The zero-order chi connectivity index (χ0) is 28.2. The fourth-order valence-corrected chi connectivity index (χ4v) is 5.34. The van der Waals surface area contributed by atoms with Gasteiger partial charge in [-0.3, -0.25) is 15.0 Å². The van der Waals surface area contributed by atoms with E-state index in [0.717, 1.165) is 10.5 Å². The Morgan fingerprint density at radius 2 is 1.67 bits per heavy atom. The second-order valence-electron chi connectivity index (χ2n) is 9.21. The van der Waals surface area contributed by atoms with Crippen molar-refractivity contribution in [3.8, 4) is 0 Å². The molecule has 0 bridgehead atoms. The van der Waals surface area contributed by atoms with E-state index >= 15 is 0 Å². The molecule has 0 spiro atoms. The van der Waals surface area contributed by atoms with Crippen LogP contribution in [0.1, 0.15) is 34.8 Å². The van der Waals surface area contributed by atoms with Crippen molar-refractivity contribution in [2.75, 3.05) is 6.54 Å². The van der Waals surface area contributed by atoms with Gasteiger partial charge in [0.2, 0.25) is 0 Å². The highest BCUT2D eigenvalue weighted by atomic mass is 32.2. The molecule has 0 aromatic heterocycles. The lowest BCUT2D eigenvalue weighted by atomic mass is 10.1. The number of esters is 1. The number of hydrogen-bond acceptors (Lipinski definition) is 9. The molecule has 1 amide bonds. The van der Waals surface area contributed by atoms with Crippen molar-refractivity contribution in [2.24, 2.45) is 0 Å². The Balaban J connectivity index is 1.54. The van der Waals surface area contributed by atoms with E-state index in [1.807, 2.05) is 6.92 Å². The molecule has 1 aliphatic rings. The van der Waals surface area contributed by atoms with Gasteiger partial charge in [0.25, 0.3) is 15.8 Å². The molecule has 4 rings (SSSR count). The van der Waals surface area contributed by atoms with Crippen LogP contribution < -0.4 is 0 Å². The predicted molar refractivity (Wildman–Crippen MR) is 138 cm³/mol. The molecule has 3 aromatic rings. The first-order chi connectivity index (χ1) is 18.5. The molecule has 39 heavy (non-hydrogen) atoms. The van der Waals surface area contributed by atoms with Gasteiger partial charge in [0.15, 0.2) is 5.72 Å². The summed E-state index contributed by atoms with van der Waals surface area (Å²) in [5.41, 5.74) is -0.222. The number of hydrogen-bond donors (Lipinski definition) is 0. The van der Waals surface area contributed by atoms with E-state index in [4.69, 9.17) is 13.7 Å². The van der Waals surface area contributed by atoms with Crippen LogP contribution in [-0.4, -0.2) is 48.7 Å². The summed E-state index contributed by atoms with van der Waals surface area (Å²) in [5.74, 6) is -0.634. The van der Waals surface area contributed by atoms with Crippen molar-refractivity contribution < 1.29 is 36.6 Å². The van der Waals surface area contributed by atoms with Gasteiger partial charge < -0.3 is 9.47 Å². The molecular formula is C27H26N2O9S. The Morgan fingerprint density at radius 3 is 2.28 bits per heavy atom. The predicted octanol–water partition coefficient (Wildman–Crippen LogP) is 4.59. The zero-order valence-corrected chi connectivity index (χ0v) is 22.0. The maximum absolute atomic E-state index is 13.2. The molecule has 1 heterocycles. The first-order valence-corrected chi connectivity index (χ1v) is 13.3. The maximum atomic E-state index is 13.2. The second kappa shape index (κ2) is 11.2. The molecular weight excluding hydrogens is 528 g/mol. The minimum Gasteiger partial charge on any atom is -0.457 e. The molecule has 0 aliphatic carbocycles. The summed E-state index contributed by atoms with van der Waals surface area (Å²) in [6.45, 7) is 2.80. The number of ether oxygens (including phenoxy) is 2. The monoisotopic (exact) mass is 554 g/mol. The van der Waals surface area contributed by atoms with Crippen LogP contribution in [0.2, 0.25) is 0 Å². The number of nitrogens with zero attached hydrogens (tertiary/aromatic N) is 2. The molecule has 0 unspecified atom stereocenters. The number of carbonyl (C=O) groups is 2. The molecule has 1 saturated heterocycles. The molecule has 1 aliphatic heterocycles. The Bertz CT molecular complexity index is 1460. The van der Waals surface area contributed by atoms with Crippen LogP contribution in [0.5, 0.6) is 0 Å². The van der Waals surface area contributed by atoms with Crippen molar-refractivity contribution in [2.45, 2.75) is 43.6 Å². The van der Waals surface area contributed by atoms with E-state index in [9.17, 15) is 28.1 Å². The molecule has 3 aromatic carbocycles. The number of nitro groups is 1. The summed E-state index contributed by atoms with van der Waals surface area (Å²) in [4.78, 5) is 37.1. The number of rotatable bonds is 8. The highest BCUT2D eigenvalue weighted by Crippen LogP contribution is 2.36. The smallest absolute Gasteiger partial charge is 0.412 e. The van der Waals surface area contributed by atoms with Gasteiger partial charge >= 0.3 is 12.1 Å². The lowest BCUT2D eigenvalue weighted by molar-refractivity contribution is -0.384. The van der Waals surface area contributed by atoms with Gasteiger partial charge in [-0.2, -0.15) is 8.42 Å². The Hall–Kier alpha value is -4.29. The van der Waals surface area contributed by atoms with Crippen LogP contribution in [0.3, 0.4) is 0 Å². The Labute approximate surface area is 225 Å². The van der Waals surface area contributed by atoms with Crippen molar-refractivity contribution in [3.05, 3.63) is 106 Å². The Morgan fingerprint density at radius 1 is 1.03 bits per heavy atom. The fraction of sp³-hybridized carbons (Fsp3) is 0.259. The summed E-state index contributed by atoms with van der Waals surface area (Å²) in [6.07, 6.45) is -1.93. The van der Waals surface area contributed by atoms with Crippen LogP contribution >= 0.6 is 0 Å². The molecule has 2 atom stereocenters. The normalized spacial score (nSPS) is 18.9. The number of likely N-dealkylation sites (tertiary alicyclic amines) is 1. The van der Waals surface area contributed by atoms with E-state index in [-0.39, 0.29) is 30.2 Å². The number of nitro benzene ring substituents is 1. The Kier molecular flexibility index (Phi) is 7.98. The third-order valence-corrected chi connectivity index (χ3v) is 7.60. The number of amides is 1. The van der Waals surface area contributed by atoms with Crippen molar-refractivity contribution in [1.82, 2.24) is 4.90 Å². The van der Waals surface area contributed by atoms with E-state index in [0.29, 0.717) is 11.1 Å². The number of carbonyl (C=O) groups excluding carboxylic acids is 2. The summed E-state index contributed by atoms with van der Waals surface area (Å²) < 4.78 is 42.8. The molecule has 1 fully saturated rings. The van der Waals surface area contributed by atoms with Gasteiger partial charge in [-0.15, -0.1) is 0 Å². The molecule has 204 valence electrons. The van der Waals surface area contributed by atoms with Gasteiger partial charge in [0.05, 0.1) is 21.9 Å². The minimum atomic E-state index is -4.32. The van der Waals surface area contributed by atoms with Gasteiger partial charge in [-0.05, 0) is 55.8 Å². The summed E-state index contributed by atoms with van der Waals surface area (Å²) in [6, 6.07) is 19.7. The van der Waals surface area contributed by atoms with Gasteiger partial charge in [-0.25, -0.2) is 13.8 Å². The van der Waals surface area contributed by atoms with Gasteiger partial charge in [-0.1, -0.05) is 35.9 Å². The molecule has 0 saturated carbocycles. The average molecular weight is 555 g/mol. The number of non-ortho nitro benzene ring substituents is 1. The number of aryl methyl sites for hydroxylation is 1. The SMILES string of the molecule is Cc1ccc(S(=O)(=O)O[C@@]2(C)C[C@@H](OC(=O)c3ccccc3)CN2C(=O)OCc2ccc([N+](=O)[O-])cc2)cc1. The molecule has 11 nitrogen and oxygen atoms in total. The first-order valence-electron chi connectivity index (χ1n) is 11.9. The van der Waals surface area contributed by atoms with Crippen molar-refractivity contribution in [3.63, 3.8) is 0 Å². The highest BCUT2D eigenvalue weighted by Gasteiger charge is 2.51. The molecule has 12 heteroatoms. The topological polar surface area (TPSA) is 142 Å². The first kappa shape index (κ1) is 27.7. The second-order valence-corrected chi connectivity index (χ2v) is 10.8. The van der Waals surface area contributed by atoms with Crippen LogP contribution in [0, 0.1) is 17.0 Å². The van der Waals surface area contributed by atoms with Gasteiger partial charge in [0.1, 0.15) is 12.7 Å². The van der Waals surface area contributed by atoms with Gasteiger partial charge in [0, 0.05) is 18.6 Å². The standard InChI is InChI=1S/C27H26N2O9S/c1-19-8-14-24(15-9-19)39(34,35)38-27(2)16-23(37-25(30)21-6-4-3-5-7-21)17-28(27)26(31)36-18-20-10-12-22(13-11-20)29(32)33/h3-15,23H,16-18H2,1-2H3/t23-,27+/m1/s1. The maximum Gasteiger partial charge on any atom is 0.412 e. The zero-order valence-electron chi connectivity index (χ0n) is 21.2. The minimum absolute atomic E-state index is 0.0988. The van der Waals surface area contributed by atoms with Crippen molar-refractivity contribution >= 4 is 27.9 Å². The fourth-order valence-electron chi connectivity index (χ4n) is 4.14. The van der Waals surface area contributed by atoms with E-state index in [1.54, 1.807) is 42.5 Å². The van der Waals surface area contributed by atoms with Crippen LogP contribution in [0.15, 0.2) is 83.8 Å². The largest absolute Gasteiger partial charge is 0.457 e. The summed E-state index contributed by atoms with van der Waals surface area (Å²) >= 11 is 0. The third-order valence-electron chi connectivity index (χ3n) is 6.18. The lowest BCUT2D eigenvalue weighted by Crippen LogP contribution is -2.48. The molecule has 0 radical (unpaired) electrons. The van der Waals surface area contributed by atoms with Crippen molar-refractivity contribution in [1.29, 1.82) is 0 Å². The van der Waals surface area contributed by atoms with E-state index in [1.165, 1.54) is 43.3 Å². The lowest BCUT2D eigenvalue weighted by Gasteiger charge is -2.32. The highest BCUT2D eigenvalue weighted by molar-refractivity contribution is 7.86. The van der Waals surface area contributed by atoms with E-state index in [2.05, 4.69) is 0 Å². The average Bonchev–Trinajstić information content (AvgIpc) is 3.22. The summed E-state index contributed by atoms with van der Waals surface area (Å²) in [5, 5.41) is 10.9.